The maximum absolute atomic E-state index is 12.5. The molecule has 3 amide bonds. The molecule has 0 saturated carbocycles. The van der Waals surface area contributed by atoms with Crippen molar-refractivity contribution in [2.45, 2.75) is 25.7 Å². The van der Waals surface area contributed by atoms with Crippen molar-refractivity contribution in [1.82, 2.24) is 4.90 Å². The van der Waals surface area contributed by atoms with Gasteiger partial charge in [0.1, 0.15) is 0 Å². The minimum Gasteiger partial charge on any atom is -0.326 e. The lowest BCUT2D eigenvalue weighted by Gasteiger charge is -2.14. The van der Waals surface area contributed by atoms with E-state index in [2.05, 4.69) is 17.4 Å². The quantitative estimate of drug-likeness (QED) is 0.551. The van der Waals surface area contributed by atoms with Crippen molar-refractivity contribution in [3.8, 4) is 11.1 Å². The number of amides is 3. The van der Waals surface area contributed by atoms with Gasteiger partial charge in [-0.3, -0.25) is 19.3 Å². The molecule has 1 fully saturated rings. The van der Waals surface area contributed by atoms with Gasteiger partial charge in [0, 0.05) is 18.7 Å². The van der Waals surface area contributed by atoms with Crippen LogP contribution >= 0.6 is 0 Å². The first-order valence-corrected chi connectivity index (χ1v) is 10.1. The first-order chi connectivity index (χ1) is 14.1. The lowest BCUT2D eigenvalue weighted by atomic mass is 9.85. The van der Waals surface area contributed by atoms with Crippen molar-refractivity contribution < 1.29 is 14.4 Å². The number of anilines is 1. The van der Waals surface area contributed by atoms with E-state index in [1.54, 1.807) is 0 Å². The van der Waals surface area contributed by atoms with Crippen LogP contribution in [-0.2, 0) is 20.8 Å². The van der Waals surface area contributed by atoms with Crippen molar-refractivity contribution in [3.63, 3.8) is 0 Å². The van der Waals surface area contributed by atoms with Crippen LogP contribution in [0.25, 0.3) is 11.1 Å². The molecule has 146 valence electrons. The highest BCUT2D eigenvalue weighted by molar-refractivity contribution is 6.06. The Morgan fingerprint density at radius 2 is 1.62 bits per heavy atom. The Morgan fingerprint density at radius 3 is 2.38 bits per heavy atom. The van der Waals surface area contributed by atoms with E-state index >= 15 is 0 Å². The number of hydrogen-bond donors (Lipinski definition) is 1. The summed E-state index contributed by atoms with van der Waals surface area (Å²) in [4.78, 5) is 38.7. The van der Waals surface area contributed by atoms with E-state index in [1.165, 1.54) is 27.2 Å². The Hall–Kier alpha value is -3.21. The van der Waals surface area contributed by atoms with E-state index in [4.69, 9.17) is 0 Å². The molecule has 2 atom stereocenters. The van der Waals surface area contributed by atoms with E-state index < -0.39 is 0 Å². The fourth-order valence-electron chi connectivity index (χ4n) is 4.75. The van der Waals surface area contributed by atoms with E-state index in [9.17, 15) is 14.4 Å². The van der Waals surface area contributed by atoms with Crippen molar-refractivity contribution in [3.05, 3.63) is 65.7 Å². The van der Waals surface area contributed by atoms with Crippen molar-refractivity contribution in [1.29, 1.82) is 0 Å². The molecule has 5 nitrogen and oxygen atoms in total. The van der Waals surface area contributed by atoms with E-state index in [-0.39, 0.29) is 42.5 Å². The molecule has 1 saturated heterocycles. The SMILES string of the molecule is O=C(CCN1C(=O)[C@H]2CC=CC[C@@H]2C1=O)Nc1ccc2c(c1)Cc1ccccc1-2. The summed E-state index contributed by atoms with van der Waals surface area (Å²) in [5.41, 5.74) is 5.71. The third-order valence-electron chi connectivity index (χ3n) is 6.24. The van der Waals surface area contributed by atoms with Crippen molar-refractivity contribution >= 4 is 23.4 Å². The predicted octanol–water partition coefficient (Wildman–Crippen LogP) is 3.54. The van der Waals surface area contributed by atoms with E-state index in [0.29, 0.717) is 12.8 Å². The van der Waals surface area contributed by atoms with Crippen LogP contribution in [0.2, 0.25) is 0 Å². The van der Waals surface area contributed by atoms with Crippen LogP contribution in [0.15, 0.2) is 54.6 Å². The third-order valence-corrected chi connectivity index (χ3v) is 6.24. The lowest BCUT2D eigenvalue weighted by molar-refractivity contribution is -0.140. The van der Waals surface area contributed by atoms with Crippen LogP contribution in [0.1, 0.15) is 30.4 Å². The first-order valence-electron chi connectivity index (χ1n) is 10.1. The zero-order valence-corrected chi connectivity index (χ0v) is 16.1. The molecule has 1 N–H and O–H groups in total. The number of benzene rings is 2. The Balaban J connectivity index is 1.22. The molecule has 2 aliphatic carbocycles. The fraction of sp³-hybridized carbons (Fsp3) is 0.292. The van der Waals surface area contributed by atoms with Crippen LogP contribution in [0, 0.1) is 11.8 Å². The monoisotopic (exact) mass is 386 g/mol. The second kappa shape index (κ2) is 6.99. The van der Waals surface area contributed by atoms with Crippen LogP contribution < -0.4 is 5.32 Å². The third kappa shape index (κ3) is 3.07. The van der Waals surface area contributed by atoms with Crippen molar-refractivity contribution in [2.75, 3.05) is 11.9 Å². The molecule has 2 aromatic carbocycles. The molecule has 5 heteroatoms. The van der Waals surface area contributed by atoms with Crippen LogP contribution in [-0.4, -0.2) is 29.2 Å². The summed E-state index contributed by atoms with van der Waals surface area (Å²) in [7, 11) is 0. The van der Waals surface area contributed by atoms with Gasteiger partial charge in [-0.05, 0) is 53.6 Å². The molecule has 2 aromatic rings. The van der Waals surface area contributed by atoms with Gasteiger partial charge in [0.05, 0.1) is 11.8 Å². The zero-order chi connectivity index (χ0) is 20.0. The van der Waals surface area contributed by atoms with Gasteiger partial charge in [0.15, 0.2) is 0 Å². The number of carbonyl (C=O) groups is 3. The lowest BCUT2D eigenvalue weighted by Crippen LogP contribution is -2.34. The summed E-state index contributed by atoms with van der Waals surface area (Å²) in [6.45, 7) is 0.146. The minimum absolute atomic E-state index is 0.113. The van der Waals surface area contributed by atoms with Gasteiger partial charge in [-0.2, -0.15) is 0 Å². The highest BCUT2D eigenvalue weighted by Crippen LogP contribution is 2.38. The topological polar surface area (TPSA) is 66.5 Å². The summed E-state index contributed by atoms with van der Waals surface area (Å²) in [6, 6.07) is 14.3. The Morgan fingerprint density at radius 1 is 0.931 bits per heavy atom. The molecule has 3 aliphatic rings. The summed E-state index contributed by atoms with van der Waals surface area (Å²) in [5.74, 6) is -0.934. The standard InChI is InChI=1S/C24H22N2O3/c27-22(11-12-26-23(28)20-7-3-4-8-21(20)24(26)29)25-17-9-10-19-16(14-17)13-15-5-1-2-6-18(15)19/h1-6,9-10,14,20-21H,7-8,11-13H2,(H,25,27)/t20-,21-/m0/s1. The minimum atomic E-state index is -0.242. The Kier molecular flexibility index (Phi) is 4.31. The number of allylic oxidation sites excluding steroid dienone is 2. The maximum Gasteiger partial charge on any atom is 0.233 e. The second-order valence-corrected chi connectivity index (χ2v) is 7.99. The number of imide groups is 1. The molecule has 0 radical (unpaired) electrons. The Labute approximate surface area is 169 Å². The highest BCUT2D eigenvalue weighted by atomic mass is 16.2. The molecular formula is C24H22N2O3. The fourth-order valence-corrected chi connectivity index (χ4v) is 4.75. The molecule has 0 bridgehead atoms. The molecule has 1 heterocycles. The molecule has 0 unspecified atom stereocenters. The highest BCUT2D eigenvalue weighted by Gasteiger charge is 2.46. The summed E-state index contributed by atoms with van der Waals surface area (Å²) >= 11 is 0. The number of nitrogens with zero attached hydrogens (tertiary/aromatic N) is 1. The van der Waals surface area contributed by atoms with E-state index in [1.807, 2.05) is 42.5 Å². The number of hydrogen-bond acceptors (Lipinski definition) is 3. The van der Waals surface area contributed by atoms with Crippen LogP contribution in [0.3, 0.4) is 0 Å². The molecular weight excluding hydrogens is 364 g/mol. The summed E-state index contributed by atoms with van der Waals surface area (Å²) < 4.78 is 0. The average molecular weight is 386 g/mol. The maximum atomic E-state index is 12.5. The van der Waals surface area contributed by atoms with Gasteiger partial charge >= 0.3 is 0 Å². The largest absolute Gasteiger partial charge is 0.326 e. The summed E-state index contributed by atoms with van der Waals surface area (Å²) in [5, 5.41) is 2.91. The molecule has 29 heavy (non-hydrogen) atoms. The van der Waals surface area contributed by atoms with Crippen LogP contribution in [0.4, 0.5) is 5.69 Å². The average Bonchev–Trinajstić information content (AvgIpc) is 3.22. The second-order valence-electron chi connectivity index (χ2n) is 7.99. The number of rotatable bonds is 4. The number of likely N-dealkylation sites (tertiary alicyclic amines) is 1. The zero-order valence-electron chi connectivity index (χ0n) is 16.1. The molecule has 5 rings (SSSR count). The van der Waals surface area contributed by atoms with Gasteiger partial charge < -0.3 is 5.32 Å². The Bertz CT molecular complexity index is 1030. The number of carbonyl (C=O) groups excluding carboxylic acids is 3. The van der Waals surface area contributed by atoms with E-state index in [0.717, 1.165) is 12.1 Å². The predicted molar refractivity (Wildman–Crippen MR) is 110 cm³/mol. The summed E-state index contributed by atoms with van der Waals surface area (Å²) in [6.07, 6.45) is 6.15. The van der Waals surface area contributed by atoms with Crippen molar-refractivity contribution in [2.24, 2.45) is 11.8 Å². The van der Waals surface area contributed by atoms with Gasteiger partial charge in [0.25, 0.3) is 0 Å². The van der Waals surface area contributed by atoms with Gasteiger partial charge in [-0.15, -0.1) is 0 Å². The number of fused-ring (bicyclic) bond motifs is 4. The normalized spacial score (nSPS) is 21.7. The number of nitrogens with one attached hydrogen (secondary N) is 1. The molecule has 0 aromatic heterocycles. The van der Waals surface area contributed by atoms with Gasteiger partial charge in [0.2, 0.25) is 17.7 Å². The molecule has 0 spiro atoms. The van der Waals surface area contributed by atoms with Gasteiger partial charge in [-0.25, -0.2) is 0 Å². The smallest absolute Gasteiger partial charge is 0.233 e. The molecule has 1 aliphatic heterocycles. The first kappa shape index (κ1) is 17.9. The van der Waals surface area contributed by atoms with Crippen LogP contribution in [0.5, 0.6) is 0 Å². The van der Waals surface area contributed by atoms with Gasteiger partial charge in [-0.1, -0.05) is 42.5 Å².